The van der Waals surface area contributed by atoms with Gasteiger partial charge in [-0.15, -0.1) is 0 Å². The highest BCUT2D eigenvalue weighted by molar-refractivity contribution is 9.10. The van der Waals surface area contributed by atoms with Crippen molar-refractivity contribution < 1.29 is 14.3 Å². The predicted molar refractivity (Wildman–Crippen MR) is 73.3 cm³/mol. The van der Waals surface area contributed by atoms with Crippen molar-refractivity contribution in [2.75, 3.05) is 0 Å². The standard InChI is InChI=1S/C15H16BrFO2/c16-12-6-10(2-4-13(12)17)8-15(14(18)19)7-9-1-3-11(15)5-9/h2,4,6,9,11H,1,3,5,7-8H2,(H,18,19). The molecule has 1 aromatic rings. The van der Waals surface area contributed by atoms with E-state index in [1.54, 1.807) is 12.1 Å². The van der Waals surface area contributed by atoms with E-state index in [9.17, 15) is 14.3 Å². The molecule has 0 aromatic heterocycles. The van der Waals surface area contributed by atoms with Crippen LogP contribution in [-0.2, 0) is 11.2 Å². The van der Waals surface area contributed by atoms with Gasteiger partial charge in [-0.05, 0) is 71.1 Å². The van der Waals surface area contributed by atoms with E-state index in [4.69, 9.17) is 0 Å². The highest BCUT2D eigenvalue weighted by Crippen LogP contribution is 2.57. The van der Waals surface area contributed by atoms with Crippen LogP contribution in [0.1, 0.15) is 31.2 Å². The van der Waals surface area contributed by atoms with Gasteiger partial charge in [0.25, 0.3) is 0 Å². The lowest BCUT2D eigenvalue weighted by atomic mass is 9.69. The molecule has 2 nitrogen and oxygen atoms in total. The van der Waals surface area contributed by atoms with E-state index < -0.39 is 11.4 Å². The highest BCUT2D eigenvalue weighted by Gasteiger charge is 2.55. The molecule has 2 fully saturated rings. The third-order valence-corrected chi connectivity index (χ3v) is 5.51. The molecular formula is C15H16BrFO2. The van der Waals surface area contributed by atoms with Crippen LogP contribution in [0.15, 0.2) is 22.7 Å². The van der Waals surface area contributed by atoms with Crippen molar-refractivity contribution >= 4 is 21.9 Å². The van der Waals surface area contributed by atoms with Crippen molar-refractivity contribution in [1.82, 2.24) is 0 Å². The molecule has 2 aliphatic rings. The molecule has 4 heteroatoms. The Morgan fingerprint density at radius 3 is 2.79 bits per heavy atom. The van der Waals surface area contributed by atoms with Crippen molar-refractivity contribution in [3.05, 3.63) is 34.1 Å². The minimum absolute atomic E-state index is 0.291. The molecule has 3 atom stereocenters. The molecule has 19 heavy (non-hydrogen) atoms. The maximum atomic E-state index is 13.3. The SMILES string of the molecule is O=C(O)C1(Cc2ccc(F)c(Br)c2)CC2CCC1C2. The Hall–Kier alpha value is -0.900. The Morgan fingerprint density at radius 2 is 2.26 bits per heavy atom. The zero-order chi connectivity index (χ0) is 13.6. The molecule has 3 unspecified atom stereocenters. The summed E-state index contributed by atoms with van der Waals surface area (Å²) in [5.74, 6) is -0.120. The van der Waals surface area contributed by atoms with Crippen LogP contribution in [0.2, 0.25) is 0 Å². The summed E-state index contributed by atoms with van der Waals surface area (Å²) in [4.78, 5) is 11.8. The largest absolute Gasteiger partial charge is 0.481 e. The van der Waals surface area contributed by atoms with Gasteiger partial charge in [-0.1, -0.05) is 12.5 Å². The zero-order valence-electron chi connectivity index (χ0n) is 10.5. The van der Waals surface area contributed by atoms with Crippen molar-refractivity contribution in [1.29, 1.82) is 0 Å². The molecule has 0 amide bonds. The number of benzene rings is 1. The van der Waals surface area contributed by atoms with E-state index in [-0.39, 0.29) is 5.82 Å². The van der Waals surface area contributed by atoms with Crippen molar-refractivity contribution in [2.45, 2.75) is 32.1 Å². The average Bonchev–Trinajstić information content (AvgIpc) is 2.94. The Labute approximate surface area is 120 Å². The lowest BCUT2D eigenvalue weighted by Gasteiger charge is -2.33. The molecule has 0 spiro atoms. The normalized spacial score (nSPS) is 32.7. The third-order valence-electron chi connectivity index (χ3n) is 4.91. The summed E-state index contributed by atoms with van der Waals surface area (Å²) in [6, 6.07) is 4.82. The van der Waals surface area contributed by atoms with Crippen molar-refractivity contribution in [2.24, 2.45) is 17.3 Å². The van der Waals surface area contributed by atoms with E-state index in [1.165, 1.54) is 12.5 Å². The fourth-order valence-electron chi connectivity index (χ4n) is 4.01. The summed E-state index contributed by atoms with van der Waals surface area (Å²) in [5, 5.41) is 9.69. The summed E-state index contributed by atoms with van der Waals surface area (Å²) in [6.45, 7) is 0. The van der Waals surface area contributed by atoms with Crippen LogP contribution in [-0.4, -0.2) is 11.1 Å². The first kappa shape index (κ1) is 13.1. The van der Waals surface area contributed by atoms with Crippen LogP contribution in [0.5, 0.6) is 0 Å². The Kier molecular flexibility index (Phi) is 3.16. The van der Waals surface area contributed by atoms with Gasteiger partial charge in [0.15, 0.2) is 0 Å². The molecule has 2 bridgehead atoms. The Balaban J connectivity index is 1.90. The van der Waals surface area contributed by atoms with Gasteiger partial charge >= 0.3 is 5.97 Å². The van der Waals surface area contributed by atoms with Gasteiger partial charge in [-0.3, -0.25) is 4.79 Å². The van der Waals surface area contributed by atoms with Crippen LogP contribution in [0.25, 0.3) is 0 Å². The minimum Gasteiger partial charge on any atom is -0.481 e. The number of hydrogen-bond donors (Lipinski definition) is 1. The zero-order valence-corrected chi connectivity index (χ0v) is 12.1. The van der Waals surface area contributed by atoms with E-state index in [2.05, 4.69) is 15.9 Å². The fraction of sp³-hybridized carbons (Fsp3) is 0.533. The van der Waals surface area contributed by atoms with Gasteiger partial charge in [0, 0.05) is 0 Å². The number of halogens is 2. The van der Waals surface area contributed by atoms with E-state index >= 15 is 0 Å². The van der Waals surface area contributed by atoms with Crippen LogP contribution in [0, 0.1) is 23.1 Å². The number of aliphatic carboxylic acids is 1. The van der Waals surface area contributed by atoms with E-state index in [1.807, 2.05) is 0 Å². The second kappa shape index (κ2) is 4.58. The smallest absolute Gasteiger partial charge is 0.310 e. The Bertz CT molecular complexity index is 531. The molecular weight excluding hydrogens is 311 g/mol. The molecule has 2 aliphatic carbocycles. The monoisotopic (exact) mass is 326 g/mol. The maximum absolute atomic E-state index is 13.3. The fourth-order valence-corrected chi connectivity index (χ4v) is 4.44. The molecule has 0 aliphatic heterocycles. The first-order valence-corrected chi connectivity index (χ1v) is 7.48. The average molecular weight is 327 g/mol. The minimum atomic E-state index is -0.680. The second-order valence-electron chi connectivity index (χ2n) is 5.97. The van der Waals surface area contributed by atoms with Crippen LogP contribution in [0.4, 0.5) is 4.39 Å². The van der Waals surface area contributed by atoms with Crippen molar-refractivity contribution in [3.63, 3.8) is 0 Å². The van der Waals surface area contributed by atoms with Gasteiger partial charge in [-0.25, -0.2) is 4.39 Å². The molecule has 0 heterocycles. The maximum Gasteiger partial charge on any atom is 0.310 e. The van der Waals surface area contributed by atoms with E-state index in [0.717, 1.165) is 24.8 Å². The van der Waals surface area contributed by atoms with Gasteiger partial charge in [0.05, 0.1) is 9.89 Å². The molecule has 2 saturated carbocycles. The quantitative estimate of drug-likeness (QED) is 0.910. The van der Waals surface area contributed by atoms with Crippen LogP contribution >= 0.6 is 15.9 Å². The molecule has 0 saturated heterocycles. The Morgan fingerprint density at radius 1 is 1.47 bits per heavy atom. The van der Waals surface area contributed by atoms with E-state index in [0.29, 0.717) is 22.7 Å². The van der Waals surface area contributed by atoms with Crippen molar-refractivity contribution in [3.8, 4) is 0 Å². The first-order valence-electron chi connectivity index (χ1n) is 6.68. The topological polar surface area (TPSA) is 37.3 Å². The summed E-state index contributed by atoms with van der Waals surface area (Å²) >= 11 is 3.17. The molecule has 1 aromatic carbocycles. The summed E-state index contributed by atoms with van der Waals surface area (Å²) in [6.07, 6.45) is 4.55. The molecule has 1 N–H and O–H groups in total. The number of rotatable bonds is 3. The predicted octanol–water partition coefficient (Wildman–Crippen LogP) is 4.02. The number of carboxylic acids is 1. The van der Waals surface area contributed by atoms with Gasteiger partial charge in [0.2, 0.25) is 0 Å². The number of carboxylic acid groups (broad SMARTS) is 1. The lowest BCUT2D eigenvalue weighted by Crippen LogP contribution is -2.38. The van der Waals surface area contributed by atoms with Crippen LogP contribution < -0.4 is 0 Å². The molecule has 0 radical (unpaired) electrons. The summed E-state index contributed by atoms with van der Waals surface area (Å²) in [5.41, 5.74) is 0.281. The summed E-state index contributed by atoms with van der Waals surface area (Å²) in [7, 11) is 0. The second-order valence-corrected chi connectivity index (χ2v) is 6.82. The van der Waals surface area contributed by atoms with Gasteiger partial charge < -0.3 is 5.11 Å². The van der Waals surface area contributed by atoms with Gasteiger partial charge in [-0.2, -0.15) is 0 Å². The molecule has 3 rings (SSSR count). The number of hydrogen-bond acceptors (Lipinski definition) is 1. The summed E-state index contributed by atoms with van der Waals surface area (Å²) < 4.78 is 13.7. The number of fused-ring (bicyclic) bond motifs is 2. The third kappa shape index (κ3) is 2.10. The molecule has 102 valence electrons. The lowest BCUT2D eigenvalue weighted by molar-refractivity contribution is -0.152. The number of carbonyl (C=O) groups is 1. The van der Waals surface area contributed by atoms with Gasteiger partial charge in [0.1, 0.15) is 5.82 Å². The van der Waals surface area contributed by atoms with Crippen LogP contribution in [0.3, 0.4) is 0 Å². The highest BCUT2D eigenvalue weighted by atomic mass is 79.9. The first-order chi connectivity index (χ1) is 9.01.